The van der Waals surface area contributed by atoms with Crippen molar-refractivity contribution in [1.82, 2.24) is 24.8 Å². The summed E-state index contributed by atoms with van der Waals surface area (Å²) in [5.41, 5.74) is 2.30. The second kappa shape index (κ2) is 8.44. The highest BCUT2D eigenvalue weighted by atomic mass is 16.1. The number of amides is 1. The summed E-state index contributed by atoms with van der Waals surface area (Å²) < 4.78 is 2.07. The third-order valence-corrected chi connectivity index (χ3v) is 4.32. The molecule has 3 rings (SSSR count). The smallest absolute Gasteiger partial charge is 0.251 e. The highest BCUT2D eigenvalue weighted by Crippen LogP contribution is 2.21. The quantitative estimate of drug-likeness (QED) is 0.652. The largest absolute Gasteiger partial charge is 0.363 e. The predicted octanol–water partition coefficient (Wildman–Crippen LogP) is 2.53. The molecule has 0 fully saturated rings. The molecule has 7 nitrogen and oxygen atoms in total. The lowest BCUT2D eigenvalue weighted by Gasteiger charge is -2.12. The van der Waals surface area contributed by atoms with Crippen molar-refractivity contribution >= 4 is 11.7 Å². The Morgan fingerprint density at radius 1 is 1.19 bits per heavy atom. The summed E-state index contributed by atoms with van der Waals surface area (Å²) >= 11 is 0. The average molecular weight is 364 g/mol. The standard InChI is InChI=1S/C20H24N6O/c1-15-21-9-11-26(15)10-5-8-22-20(27)17-7-4-6-16(12-17)18-13-19(25(2)3)24-14-23-18/h4,6-7,9,11-14H,5,8,10H2,1-3H3,(H,22,27). The van der Waals surface area contributed by atoms with E-state index in [0.717, 1.165) is 35.9 Å². The SMILES string of the molecule is Cc1nccn1CCCNC(=O)c1cccc(-c2cc(N(C)C)ncn2)c1. The van der Waals surface area contributed by atoms with E-state index in [0.29, 0.717) is 12.1 Å². The van der Waals surface area contributed by atoms with Crippen molar-refractivity contribution < 1.29 is 4.79 Å². The maximum absolute atomic E-state index is 12.5. The second-order valence-electron chi connectivity index (χ2n) is 6.51. The van der Waals surface area contributed by atoms with Gasteiger partial charge in [0, 0.05) is 56.8 Å². The first-order valence-electron chi connectivity index (χ1n) is 8.90. The maximum Gasteiger partial charge on any atom is 0.251 e. The number of nitrogens with one attached hydrogen (secondary N) is 1. The summed E-state index contributed by atoms with van der Waals surface area (Å²) in [7, 11) is 3.86. The molecule has 2 heterocycles. The molecule has 0 saturated carbocycles. The molecule has 0 atom stereocenters. The van der Waals surface area contributed by atoms with E-state index in [1.165, 1.54) is 6.33 Å². The number of benzene rings is 1. The first kappa shape index (κ1) is 18.6. The molecule has 27 heavy (non-hydrogen) atoms. The van der Waals surface area contributed by atoms with E-state index in [4.69, 9.17) is 0 Å². The Balaban J connectivity index is 1.62. The third-order valence-electron chi connectivity index (χ3n) is 4.32. The number of carbonyl (C=O) groups excluding carboxylic acids is 1. The second-order valence-corrected chi connectivity index (χ2v) is 6.51. The van der Waals surface area contributed by atoms with Gasteiger partial charge in [-0.05, 0) is 25.5 Å². The summed E-state index contributed by atoms with van der Waals surface area (Å²) in [6, 6.07) is 9.39. The van der Waals surface area contributed by atoms with Gasteiger partial charge in [-0.2, -0.15) is 0 Å². The molecule has 0 bridgehead atoms. The number of hydrogen-bond donors (Lipinski definition) is 1. The van der Waals surface area contributed by atoms with Crippen molar-refractivity contribution in [3.05, 3.63) is 60.4 Å². The Labute approximate surface area is 159 Å². The molecule has 140 valence electrons. The molecular formula is C20H24N6O. The first-order chi connectivity index (χ1) is 13.0. The zero-order chi connectivity index (χ0) is 19.2. The first-order valence-corrected chi connectivity index (χ1v) is 8.90. The Bertz CT molecular complexity index is 918. The van der Waals surface area contributed by atoms with E-state index in [1.54, 1.807) is 6.20 Å². The zero-order valence-electron chi connectivity index (χ0n) is 15.9. The van der Waals surface area contributed by atoms with Gasteiger partial charge in [0.2, 0.25) is 0 Å². The summed E-state index contributed by atoms with van der Waals surface area (Å²) in [4.78, 5) is 27.1. The summed E-state index contributed by atoms with van der Waals surface area (Å²) in [6.45, 7) is 3.41. The van der Waals surface area contributed by atoms with Crippen LogP contribution in [0.5, 0.6) is 0 Å². The molecule has 0 spiro atoms. The van der Waals surface area contributed by atoms with E-state index < -0.39 is 0 Å². The molecule has 0 aliphatic carbocycles. The van der Waals surface area contributed by atoms with Gasteiger partial charge in [0.05, 0.1) is 5.69 Å². The van der Waals surface area contributed by atoms with Gasteiger partial charge in [-0.3, -0.25) is 4.79 Å². The number of nitrogens with zero attached hydrogens (tertiary/aromatic N) is 5. The topological polar surface area (TPSA) is 75.9 Å². The predicted molar refractivity (Wildman–Crippen MR) is 106 cm³/mol. The van der Waals surface area contributed by atoms with Gasteiger partial charge < -0.3 is 14.8 Å². The summed E-state index contributed by atoms with van der Waals surface area (Å²) in [5, 5.41) is 2.98. The van der Waals surface area contributed by atoms with Crippen molar-refractivity contribution in [3.8, 4) is 11.3 Å². The highest BCUT2D eigenvalue weighted by molar-refractivity contribution is 5.95. The Morgan fingerprint density at radius 3 is 2.78 bits per heavy atom. The number of aryl methyl sites for hydroxylation is 2. The molecule has 0 radical (unpaired) electrons. The molecule has 0 saturated heterocycles. The molecule has 0 aliphatic heterocycles. The molecular weight excluding hydrogens is 340 g/mol. The van der Waals surface area contributed by atoms with E-state index >= 15 is 0 Å². The molecule has 1 aromatic carbocycles. The summed E-state index contributed by atoms with van der Waals surface area (Å²) in [6.07, 6.45) is 6.12. The minimum absolute atomic E-state index is 0.0823. The van der Waals surface area contributed by atoms with Crippen LogP contribution in [0, 0.1) is 6.92 Å². The van der Waals surface area contributed by atoms with Gasteiger partial charge in [0.1, 0.15) is 18.0 Å². The van der Waals surface area contributed by atoms with Crippen molar-refractivity contribution in [2.75, 3.05) is 25.5 Å². The Morgan fingerprint density at radius 2 is 2.04 bits per heavy atom. The van der Waals surface area contributed by atoms with Crippen LogP contribution in [-0.2, 0) is 6.54 Å². The van der Waals surface area contributed by atoms with Crippen LogP contribution in [0.1, 0.15) is 22.6 Å². The van der Waals surface area contributed by atoms with Gasteiger partial charge in [-0.15, -0.1) is 0 Å². The Hall–Kier alpha value is -3.22. The minimum atomic E-state index is -0.0823. The minimum Gasteiger partial charge on any atom is -0.363 e. The summed E-state index contributed by atoms with van der Waals surface area (Å²) in [5.74, 6) is 1.72. The number of aromatic nitrogens is 4. The lowest BCUT2D eigenvalue weighted by atomic mass is 10.1. The fourth-order valence-electron chi connectivity index (χ4n) is 2.76. The fourth-order valence-corrected chi connectivity index (χ4v) is 2.76. The van der Waals surface area contributed by atoms with Crippen molar-refractivity contribution in [2.45, 2.75) is 19.9 Å². The van der Waals surface area contributed by atoms with E-state index in [1.807, 2.05) is 62.4 Å². The fraction of sp³-hybridized carbons (Fsp3) is 0.300. The van der Waals surface area contributed by atoms with Crippen molar-refractivity contribution in [1.29, 1.82) is 0 Å². The molecule has 0 unspecified atom stereocenters. The lowest BCUT2D eigenvalue weighted by molar-refractivity contribution is 0.0953. The van der Waals surface area contributed by atoms with Crippen molar-refractivity contribution in [2.24, 2.45) is 0 Å². The average Bonchev–Trinajstić information content (AvgIpc) is 3.10. The van der Waals surface area contributed by atoms with Crippen LogP contribution in [-0.4, -0.2) is 46.1 Å². The van der Waals surface area contributed by atoms with Gasteiger partial charge in [-0.25, -0.2) is 15.0 Å². The molecule has 1 amide bonds. The highest BCUT2D eigenvalue weighted by Gasteiger charge is 2.09. The third kappa shape index (κ3) is 4.69. The molecule has 2 aromatic heterocycles. The maximum atomic E-state index is 12.5. The lowest BCUT2D eigenvalue weighted by Crippen LogP contribution is -2.25. The van der Waals surface area contributed by atoms with Crippen LogP contribution in [0.2, 0.25) is 0 Å². The van der Waals surface area contributed by atoms with Crippen molar-refractivity contribution in [3.63, 3.8) is 0 Å². The normalized spacial score (nSPS) is 10.6. The molecule has 1 N–H and O–H groups in total. The van der Waals surface area contributed by atoms with Crippen LogP contribution < -0.4 is 10.2 Å². The van der Waals surface area contributed by atoms with Gasteiger partial charge >= 0.3 is 0 Å². The van der Waals surface area contributed by atoms with Crippen LogP contribution in [0.25, 0.3) is 11.3 Å². The molecule has 0 aliphatic rings. The van der Waals surface area contributed by atoms with Crippen LogP contribution in [0.15, 0.2) is 49.1 Å². The monoisotopic (exact) mass is 364 g/mol. The van der Waals surface area contributed by atoms with E-state index in [9.17, 15) is 4.79 Å². The number of imidazole rings is 1. The number of hydrogen-bond acceptors (Lipinski definition) is 5. The Kier molecular flexibility index (Phi) is 5.80. The van der Waals surface area contributed by atoms with Crippen LogP contribution in [0.4, 0.5) is 5.82 Å². The zero-order valence-corrected chi connectivity index (χ0v) is 15.9. The van der Waals surface area contributed by atoms with Gasteiger partial charge in [0.25, 0.3) is 5.91 Å². The number of carbonyl (C=O) groups is 1. The molecule has 3 aromatic rings. The number of rotatable bonds is 7. The van der Waals surface area contributed by atoms with Crippen LogP contribution in [0.3, 0.4) is 0 Å². The number of anilines is 1. The van der Waals surface area contributed by atoms with E-state index in [2.05, 4.69) is 24.8 Å². The van der Waals surface area contributed by atoms with Crippen LogP contribution >= 0.6 is 0 Å². The van der Waals surface area contributed by atoms with Gasteiger partial charge in [-0.1, -0.05) is 12.1 Å². The molecule has 7 heteroatoms. The van der Waals surface area contributed by atoms with Gasteiger partial charge in [0.15, 0.2) is 0 Å². The van der Waals surface area contributed by atoms with E-state index in [-0.39, 0.29) is 5.91 Å².